The number of nitrogens with one attached hydrogen (secondary N) is 1. The zero-order valence-corrected chi connectivity index (χ0v) is 18.0. The van der Waals surface area contributed by atoms with Crippen molar-refractivity contribution in [3.63, 3.8) is 0 Å². The predicted octanol–water partition coefficient (Wildman–Crippen LogP) is 4.42. The van der Waals surface area contributed by atoms with Gasteiger partial charge in [0.15, 0.2) is 6.16 Å². The van der Waals surface area contributed by atoms with Crippen molar-refractivity contribution in [1.82, 2.24) is 5.32 Å². The molecule has 0 saturated carbocycles. The summed E-state index contributed by atoms with van der Waals surface area (Å²) >= 11 is 0. The molecule has 0 amide bonds. The minimum absolute atomic E-state index is 0.121. The molecule has 0 bridgehead atoms. The van der Waals surface area contributed by atoms with Gasteiger partial charge in [-0.15, -0.1) is 0 Å². The van der Waals surface area contributed by atoms with Crippen LogP contribution < -0.4 is 5.32 Å². The molecule has 0 aliphatic carbocycles. The van der Waals surface area contributed by atoms with Crippen LogP contribution in [0.1, 0.15) is 37.8 Å². The molecule has 29 heavy (non-hydrogen) atoms. The van der Waals surface area contributed by atoms with Crippen molar-refractivity contribution in [2.45, 2.75) is 51.1 Å². The highest BCUT2D eigenvalue weighted by Gasteiger charge is 2.37. The number of aliphatic carboxylic acids is 1. The molecular formula is C23H31NO4P+. The molecular weight excluding hydrogens is 385 g/mol. The van der Waals surface area contributed by atoms with Crippen LogP contribution in [-0.2, 0) is 22.2 Å². The highest BCUT2D eigenvalue weighted by molar-refractivity contribution is 7.37. The van der Waals surface area contributed by atoms with E-state index in [0.29, 0.717) is 25.7 Å². The quantitative estimate of drug-likeness (QED) is 0.446. The summed E-state index contributed by atoms with van der Waals surface area (Å²) in [5.74, 6) is -0.679. The van der Waals surface area contributed by atoms with Crippen molar-refractivity contribution in [2.24, 2.45) is 5.92 Å². The fourth-order valence-corrected chi connectivity index (χ4v) is 4.38. The zero-order valence-electron chi connectivity index (χ0n) is 17.1. The molecule has 5 nitrogen and oxygen atoms in total. The van der Waals surface area contributed by atoms with Gasteiger partial charge in [-0.25, -0.2) is 0 Å². The van der Waals surface area contributed by atoms with E-state index in [2.05, 4.69) is 5.32 Å². The predicted molar refractivity (Wildman–Crippen MR) is 116 cm³/mol. The lowest BCUT2D eigenvalue weighted by molar-refractivity contribution is -0.140. The Hall–Kier alpha value is -2.07. The molecule has 0 radical (unpaired) electrons. The zero-order chi connectivity index (χ0) is 21.3. The number of hydrogen-bond acceptors (Lipinski definition) is 3. The Morgan fingerprint density at radius 1 is 1.00 bits per heavy atom. The normalized spacial score (nSPS) is 13.3. The van der Waals surface area contributed by atoms with Crippen LogP contribution in [0.2, 0.25) is 0 Å². The Morgan fingerprint density at radius 2 is 1.48 bits per heavy atom. The molecule has 2 unspecified atom stereocenters. The van der Waals surface area contributed by atoms with Crippen LogP contribution in [0.25, 0.3) is 0 Å². The Morgan fingerprint density at radius 3 is 1.86 bits per heavy atom. The van der Waals surface area contributed by atoms with Gasteiger partial charge in [-0.3, -0.25) is 10.1 Å². The van der Waals surface area contributed by atoms with E-state index in [1.807, 2.05) is 74.5 Å². The molecule has 0 aliphatic rings. The Labute approximate surface area is 174 Å². The van der Waals surface area contributed by atoms with Gasteiger partial charge in [0.1, 0.15) is 6.04 Å². The monoisotopic (exact) mass is 416 g/mol. The van der Waals surface area contributed by atoms with Gasteiger partial charge < -0.3 is 5.11 Å². The summed E-state index contributed by atoms with van der Waals surface area (Å²) in [6, 6.07) is 19.0. The number of hydrogen-bond donors (Lipinski definition) is 3. The Balaban J connectivity index is 2.43. The number of benzene rings is 2. The minimum Gasteiger partial charge on any atom is -0.480 e. The van der Waals surface area contributed by atoms with Crippen LogP contribution in [-0.4, -0.2) is 33.7 Å². The largest absolute Gasteiger partial charge is 0.505 e. The first-order valence-corrected chi connectivity index (χ1v) is 11.4. The molecule has 3 N–H and O–H groups in total. The van der Waals surface area contributed by atoms with Crippen LogP contribution in [0.3, 0.4) is 0 Å². The number of carboxylic acid groups (broad SMARTS) is 1. The second kappa shape index (κ2) is 11.2. The summed E-state index contributed by atoms with van der Waals surface area (Å²) in [4.78, 5) is 21.5. The van der Waals surface area contributed by atoms with Crippen LogP contribution >= 0.6 is 8.03 Å². The van der Waals surface area contributed by atoms with Crippen molar-refractivity contribution in [3.8, 4) is 0 Å². The molecule has 2 aromatic carbocycles. The molecule has 0 spiro atoms. The van der Waals surface area contributed by atoms with E-state index in [1.165, 1.54) is 0 Å². The maximum Gasteiger partial charge on any atom is 0.505 e. The third-order valence-electron chi connectivity index (χ3n) is 5.04. The van der Waals surface area contributed by atoms with Gasteiger partial charge in [-0.05, 0) is 40.9 Å². The van der Waals surface area contributed by atoms with Crippen molar-refractivity contribution in [3.05, 3.63) is 71.8 Å². The summed E-state index contributed by atoms with van der Waals surface area (Å²) in [7, 11) is -2.31. The van der Waals surface area contributed by atoms with E-state index in [1.54, 1.807) is 0 Å². The van der Waals surface area contributed by atoms with Crippen molar-refractivity contribution >= 4 is 14.0 Å². The number of rotatable bonds is 12. The highest BCUT2D eigenvalue weighted by atomic mass is 31.1. The fraction of sp³-hybridized carbons (Fsp3) is 0.435. The lowest BCUT2D eigenvalue weighted by Crippen LogP contribution is -2.56. The van der Waals surface area contributed by atoms with Crippen molar-refractivity contribution in [1.29, 1.82) is 0 Å². The lowest BCUT2D eigenvalue weighted by atomic mass is 9.81. The van der Waals surface area contributed by atoms with Crippen LogP contribution in [0.15, 0.2) is 60.7 Å². The average molecular weight is 416 g/mol. The van der Waals surface area contributed by atoms with Crippen molar-refractivity contribution < 1.29 is 19.4 Å². The van der Waals surface area contributed by atoms with Crippen LogP contribution in [0.5, 0.6) is 0 Å². The van der Waals surface area contributed by atoms with E-state index in [4.69, 9.17) is 0 Å². The SMILES string of the molecule is CC(C)CC(NC(CC[P+](=O)O)(Cc1ccccc1)Cc1ccccc1)C(=O)O. The molecule has 0 saturated heterocycles. The number of carboxylic acids is 1. The lowest BCUT2D eigenvalue weighted by Gasteiger charge is -2.37. The van der Waals surface area contributed by atoms with Crippen LogP contribution in [0, 0.1) is 5.92 Å². The highest BCUT2D eigenvalue weighted by Crippen LogP contribution is 2.29. The van der Waals surface area contributed by atoms with Gasteiger partial charge in [0.2, 0.25) is 0 Å². The summed E-state index contributed by atoms with van der Waals surface area (Å²) in [5, 5.41) is 13.2. The maximum atomic E-state index is 12.0. The molecule has 0 aliphatic heterocycles. The Kier molecular flexibility index (Phi) is 8.97. The molecule has 2 aromatic rings. The number of carbonyl (C=O) groups is 1. The van der Waals surface area contributed by atoms with E-state index in [-0.39, 0.29) is 12.1 Å². The molecule has 156 valence electrons. The molecule has 0 fully saturated rings. The van der Waals surface area contributed by atoms with Crippen molar-refractivity contribution in [2.75, 3.05) is 6.16 Å². The second-order valence-corrected chi connectivity index (χ2v) is 9.25. The molecule has 2 atom stereocenters. The third kappa shape index (κ3) is 8.06. The maximum absolute atomic E-state index is 12.0. The minimum atomic E-state index is -2.31. The summed E-state index contributed by atoms with van der Waals surface area (Å²) in [5.41, 5.74) is 1.49. The summed E-state index contributed by atoms with van der Waals surface area (Å²) < 4.78 is 11.6. The molecule has 0 heterocycles. The second-order valence-electron chi connectivity index (χ2n) is 8.10. The summed E-state index contributed by atoms with van der Waals surface area (Å²) in [6.07, 6.45) is 2.17. The first-order chi connectivity index (χ1) is 13.8. The fourth-order valence-electron chi connectivity index (χ4n) is 3.76. The third-order valence-corrected chi connectivity index (χ3v) is 5.64. The molecule has 6 heteroatoms. The van der Waals surface area contributed by atoms with E-state index in [0.717, 1.165) is 11.1 Å². The van der Waals surface area contributed by atoms with E-state index in [9.17, 15) is 19.4 Å². The topological polar surface area (TPSA) is 86.6 Å². The average Bonchev–Trinajstić information content (AvgIpc) is 2.67. The standard InChI is InChI=1S/C23H30NO4P/c1-18(2)15-21(22(25)26)24-23(13-14-29(27)28,16-19-9-5-3-6-10-19)17-20-11-7-4-8-12-20/h3-12,18,21,24H,13-17H2,1-2H3,(H-,25,26,27,28)/p+1. The first-order valence-electron chi connectivity index (χ1n) is 10.0. The van der Waals surface area contributed by atoms with Gasteiger partial charge >= 0.3 is 14.0 Å². The molecule has 2 rings (SSSR count). The smallest absolute Gasteiger partial charge is 0.480 e. The van der Waals surface area contributed by atoms with E-state index < -0.39 is 25.6 Å². The van der Waals surface area contributed by atoms with Gasteiger partial charge in [-0.1, -0.05) is 74.5 Å². The first kappa shape index (κ1) is 23.2. The van der Waals surface area contributed by atoms with Gasteiger partial charge in [0.25, 0.3) is 0 Å². The molecule has 0 aromatic heterocycles. The van der Waals surface area contributed by atoms with Gasteiger partial charge in [-0.2, -0.15) is 4.89 Å². The van der Waals surface area contributed by atoms with Gasteiger partial charge in [0, 0.05) is 12.0 Å². The van der Waals surface area contributed by atoms with E-state index >= 15 is 0 Å². The summed E-state index contributed by atoms with van der Waals surface area (Å²) in [6.45, 7) is 4.00. The van der Waals surface area contributed by atoms with Crippen LogP contribution in [0.4, 0.5) is 0 Å². The van der Waals surface area contributed by atoms with Gasteiger partial charge in [0.05, 0.1) is 0 Å². The Bertz CT molecular complexity index is 738.